The number of hydrogen-bond acceptors (Lipinski definition) is 11. The van der Waals surface area contributed by atoms with E-state index < -0.39 is 61.3 Å². The van der Waals surface area contributed by atoms with Gasteiger partial charge in [-0.2, -0.15) is 0 Å². The molecule has 0 heterocycles. The largest absolute Gasteiger partial charge is 0.491 e. The Kier molecular flexibility index (Phi) is 18.1. The maximum atomic E-state index is 13.7. The Morgan fingerprint density at radius 3 is 1.68 bits per heavy atom. The van der Waals surface area contributed by atoms with Crippen molar-refractivity contribution in [2.24, 2.45) is 5.41 Å². The van der Waals surface area contributed by atoms with Crippen LogP contribution in [0.2, 0.25) is 0 Å². The molecule has 2 atom stereocenters. The van der Waals surface area contributed by atoms with Crippen molar-refractivity contribution >= 4 is 48.6 Å². The van der Waals surface area contributed by atoms with Crippen LogP contribution in [0.1, 0.15) is 138 Å². The van der Waals surface area contributed by atoms with Gasteiger partial charge in [-0.05, 0) is 82.7 Å². The topological polar surface area (TPSA) is 203 Å². The van der Waals surface area contributed by atoms with Crippen LogP contribution in [-0.2, 0) is 29.2 Å². The van der Waals surface area contributed by atoms with Crippen LogP contribution in [0.5, 0.6) is 0 Å². The summed E-state index contributed by atoms with van der Waals surface area (Å²) in [5.74, 6) is -4.16. The Morgan fingerprint density at radius 2 is 1.19 bits per heavy atom. The molecule has 2 aromatic rings. The lowest BCUT2D eigenvalue weighted by molar-refractivity contribution is -0.132. The van der Waals surface area contributed by atoms with Gasteiger partial charge in [-0.25, -0.2) is 19.2 Å². The minimum atomic E-state index is -1.34. The average Bonchev–Trinajstić information content (AvgIpc) is 3.16. The van der Waals surface area contributed by atoms with E-state index in [0.717, 1.165) is 19.3 Å². The van der Waals surface area contributed by atoms with Gasteiger partial charge < -0.3 is 39.4 Å². The van der Waals surface area contributed by atoms with Crippen molar-refractivity contribution in [2.75, 3.05) is 26.4 Å². The number of aromatic carboxylic acids is 2. The molecule has 13 heteroatoms. The number of carboxylic acids is 2. The molecular weight excluding hydrogens is 736 g/mol. The van der Waals surface area contributed by atoms with E-state index in [1.54, 1.807) is 13.0 Å². The summed E-state index contributed by atoms with van der Waals surface area (Å²) < 4.78 is 20.7. The predicted molar refractivity (Wildman–Crippen MR) is 216 cm³/mol. The summed E-state index contributed by atoms with van der Waals surface area (Å²) >= 11 is 0. The Morgan fingerprint density at radius 1 is 0.719 bits per heavy atom. The first-order valence-corrected chi connectivity index (χ1v) is 18.6. The number of hydrogen-bond donors (Lipinski definition) is 4. The monoisotopic (exact) mass is 792 g/mol. The quantitative estimate of drug-likeness (QED) is 0.0204. The number of carbonyl (C=O) groups is 5. The van der Waals surface area contributed by atoms with Crippen molar-refractivity contribution in [1.29, 1.82) is 0 Å². The molecule has 0 saturated heterocycles. The van der Waals surface area contributed by atoms with Gasteiger partial charge in [-0.3, -0.25) is 4.79 Å². The van der Waals surface area contributed by atoms with E-state index in [0.29, 0.717) is 17.6 Å². The summed E-state index contributed by atoms with van der Waals surface area (Å²) in [6.45, 7) is 19.1. The molecule has 13 nitrogen and oxygen atoms in total. The Hall–Kier alpha value is -5.53. The van der Waals surface area contributed by atoms with E-state index in [1.807, 2.05) is 40.7 Å². The van der Waals surface area contributed by atoms with Crippen LogP contribution in [0.25, 0.3) is 18.2 Å². The number of unbranched alkanes of at least 4 members (excludes halogenated alkanes) is 1. The summed E-state index contributed by atoms with van der Waals surface area (Å²) in [4.78, 5) is 63.0. The Labute approximate surface area is 334 Å². The average molecular weight is 793 g/mol. The molecule has 0 aromatic heterocycles. The predicted octanol–water partition coefficient (Wildman–Crippen LogP) is 7.49. The number of carbonyl (C=O) groups excluding carboxylic acids is 3. The zero-order chi connectivity index (χ0) is 43.1. The van der Waals surface area contributed by atoms with Crippen LogP contribution in [0, 0.1) is 5.41 Å². The third kappa shape index (κ3) is 14.5. The highest BCUT2D eigenvalue weighted by Gasteiger charge is 2.29. The van der Waals surface area contributed by atoms with Crippen LogP contribution in [0.4, 0.5) is 0 Å². The standard InChI is InChI=1S/C44H56O13/c1-10-12-16-43(6,7)17-15-31-19-35(41(52)57-25-33(47)23-55-28(5)27(3)4)29(18-34(31)39(48)49)13-14-30-20-37(40(50)51)38(44(8,9)11-2)21-36(30)42(53)56-24-32(46)22-54-26-45/h13-15,17-21,26,32-33,46-47H,3,5,10-12,16,22-25H2,1-2,4,6-9H3,(H,48,49)(H,50,51)/b14-13+,17-15+. The van der Waals surface area contributed by atoms with Crippen molar-refractivity contribution in [2.45, 2.75) is 91.8 Å². The molecule has 0 spiro atoms. The SMILES string of the molecule is C=C(C)C(=C)OCC(O)COC(=O)c1cc(/C=C/C(C)(C)CCCC)c(C(=O)O)cc1/C=C/c1cc(C(=O)O)c(C(C)(C)CC)cc1C(=O)OCC(O)COC=O. The van der Waals surface area contributed by atoms with Crippen molar-refractivity contribution < 1.29 is 63.3 Å². The minimum Gasteiger partial charge on any atom is -0.491 e. The molecule has 0 bridgehead atoms. The fraction of sp³-hybridized carbons (Fsp3) is 0.432. The second-order valence-electron chi connectivity index (χ2n) is 15.1. The number of aliphatic hydroxyl groups is 2. The fourth-order valence-electron chi connectivity index (χ4n) is 5.41. The van der Waals surface area contributed by atoms with E-state index in [-0.39, 0.29) is 63.2 Å². The number of benzene rings is 2. The molecular formula is C44H56O13. The second-order valence-corrected chi connectivity index (χ2v) is 15.1. The van der Waals surface area contributed by atoms with Crippen LogP contribution in [-0.4, -0.2) is 89.4 Å². The van der Waals surface area contributed by atoms with Crippen LogP contribution in [0.15, 0.2) is 54.8 Å². The maximum Gasteiger partial charge on any atom is 0.338 e. The third-order valence-electron chi connectivity index (χ3n) is 9.35. The normalized spacial score (nSPS) is 12.9. The van der Waals surface area contributed by atoms with Gasteiger partial charge in [0.1, 0.15) is 44.4 Å². The molecule has 0 saturated carbocycles. The van der Waals surface area contributed by atoms with E-state index in [2.05, 4.69) is 24.8 Å². The van der Waals surface area contributed by atoms with Crippen LogP contribution >= 0.6 is 0 Å². The highest BCUT2D eigenvalue weighted by atomic mass is 16.6. The fourth-order valence-corrected chi connectivity index (χ4v) is 5.41. The van der Waals surface area contributed by atoms with Crippen molar-refractivity contribution in [3.63, 3.8) is 0 Å². The van der Waals surface area contributed by atoms with Gasteiger partial charge in [-0.15, -0.1) is 0 Å². The van der Waals surface area contributed by atoms with Crippen molar-refractivity contribution in [3.8, 4) is 0 Å². The molecule has 0 radical (unpaired) electrons. The molecule has 2 rings (SSSR count). The molecule has 0 amide bonds. The first kappa shape index (κ1) is 47.6. The number of esters is 2. The van der Waals surface area contributed by atoms with E-state index in [9.17, 15) is 44.4 Å². The van der Waals surface area contributed by atoms with Gasteiger partial charge in [0.2, 0.25) is 0 Å². The van der Waals surface area contributed by atoms with Gasteiger partial charge >= 0.3 is 23.9 Å². The second kappa shape index (κ2) is 21.7. The lowest BCUT2D eigenvalue weighted by Crippen LogP contribution is -2.25. The van der Waals surface area contributed by atoms with Crippen molar-refractivity contribution in [1.82, 2.24) is 0 Å². The van der Waals surface area contributed by atoms with Crippen LogP contribution in [0.3, 0.4) is 0 Å². The lowest BCUT2D eigenvalue weighted by atomic mass is 9.78. The van der Waals surface area contributed by atoms with E-state index in [4.69, 9.17) is 14.2 Å². The lowest BCUT2D eigenvalue weighted by Gasteiger charge is -2.26. The van der Waals surface area contributed by atoms with E-state index in [1.165, 1.54) is 36.4 Å². The van der Waals surface area contributed by atoms with Gasteiger partial charge in [0.25, 0.3) is 6.47 Å². The summed E-state index contributed by atoms with van der Waals surface area (Å²) in [7, 11) is 0. The molecule has 0 fully saturated rings. The molecule has 4 N–H and O–H groups in total. The summed E-state index contributed by atoms with van der Waals surface area (Å²) in [5, 5.41) is 41.1. The van der Waals surface area contributed by atoms with Gasteiger partial charge in [0.15, 0.2) is 0 Å². The van der Waals surface area contributed by atoms with E-state index >= 15 is 0 Å². The molecule has 0 aliphatic heterocycles. The third-order valence-corrected chi connectivity index (χ3v) is 9.35. The highest BCUT2D eigenvalue weighted by Crippen LogP contribution is 2.34. The molecule has 2 aromatic carbocycles. The number of aliphatic hydroxyl groups excluding tert-OH is 2. The van der Waals surface area contributed by atoms with Gasteiger partial charge in [0, 0.05) is 0 Å². The molecule has 0 aliphatic rings. The molecule has 0 aliphatic carbocycles. The molecule has 310 valence electrons. The van der Waals surface area contributed by atoms with Crippen molar-refractivity contribution in [3.05, 3.63) is 99.3 Å². The first-order chi connectivity index (χ1) is 26.7. The summed E-state index contributed by atoms with van der Waals surface area (Å²) in [6, 6.07) is 5.28. The Balaban J connectivity index is 2.81. The maximum absolute atomic E-state index is 13.7. The molecule has 2 unspecified atom stereocenters. The highest BCUT2D eigenvalue weighted by molar-refractivity contribution is 6.02. The summed E-state index contributed by atoms with van der Waals surface area (Å²) in [5.41, 5.74) is -0.300. The number of rotatable bonds is 24. The molecule has 57 heavy (non-hydrogen) atoms. The number of ether oxygens (including phenoxy) is 4. The number of allylic oxidation sites excluding steroid dienone is 2. The summed E-state index contributed by atoms with van der Waals surface area (Å²) in [6.07, 6.45) is 6.84. The first-order valence-electron chi connectivity index (χ1n) is 18.6. The Bertz CT molecular complexity index is 1870. The van der Waals surface area contributed by atoms with Gasteiger partial charge in [0.05, 0.1) is 22.3 Å². The minimum absolute atomic E-state index is 0.0369. The number of carboxylic acid groups (broad SMARTS) is 2. The van der Waals surface area contributed by atoms with Gasteiger partial charge in [-0.1, -0.05) is 91.8 Å². The smallest absolute Gasteiger partial charge is 0.338 e. The zero-order valence-electron chi connectivity index (χ0n) is 33.9. The zero-order valence-corrected chi connectivity index (χ0v) is 33.9. The van der Waals surface area contributed by atoms with Crippen LogP contribution < -0.4 is 0 Å².